The highest BCUT2D eigenvalue weighted by molar-refractivity contribution is 7.08. The van der Waals surface area contributed by atoms with Crippen LogP contribution in [0, 0.1) is 0 Å². The molecule has 8 nitrogen and oxygen atoms in total. The van der Waals surface area contributed by atoms with Gasteiger partial charge >= 0.3 is 0 Å². The molecule has 31 heavy (non-hydrogen) atoms. The second-order valence-corrected chi connectivity index (χ2v) is 8.74. The zero-order valence-corrected chi connectivity index (χ0v) is 18.0. The molecule has 1 aliphatic heterocycles. The summed E-state index contributed by atoms with van der Waals surface area (Å²) in [6.07, 6.45) is 8.73. The molecule has 1 saturated heterocycles. The predicted molar refractivity (Wildman–Crippen MR) is 119 cm³/mol. The number of morpholine rings is 1. The first kappa shape index (κ1) is 20.1. The van der Waals surface area contributed by atoms with Gasteiger partial charge in [-0.2, -0.15) is 0 Å². The minimum absolute atomic E-state index is 0.0358. The molecule has 1 aromatic carbocycles. The van der Waals surface area contributed by atoms with Gasteiger partial charge in [-0.1, -0.05) is 0 Å². The van der Waals surface area contributed by atoms with Crippen molar-refractivity contribution < 1.29 is 14.3 Å². The maximum Gasteiger partial charge on any atom is 0.263 e. The van der Waals surface area contributed by atoms with Crippen LogP contribution in [0.25, 0.3) is 11.0 Å². The van der Waals surface area contributed by atoms with Crippen LogP contribution in [-0.4, -0.2) is 58.7 Å². The second kappa shape index (κ2) is 9.15. The third kappa shape index (κ3) is 4.62. The van der Waals surface area contributed by atoms with Gasteiger partial charge in [0.2, 0.25) is 0 Å². The summed E-state index contributed by atoms with van der Waals surface area (Å²) in [7, 11) is 0. The van der Waals surface area contributed by atoms with Crippen LogP contribution in [0.5, 0.6) is 5.75 Å². The number of ether oxygens (including phenoxy) is 2. The minimum Gasteiger partial charge on any atom is -0.488 e. The van der Waals surface area contributed by atoms with E-state index in [0.717, 1.165) is 74.5 Å². The van der Waals surface area contributed by atoms with E-state index in [-0.39, 0.29) is 18.1 Å². The molecule has 9 heteroatoms. The molecule has 2 aliphatic rings. The van der Waals surface area contributed by atoms with Gasteiger partial charge in [-0.25, -0.2) is 9.36 Å². The number of hydrogen-bond acceptors (Lipinski definition) is 8. The lowest BCUT2D eigenvalue weighted by Crippen LogP contribution is -2.39. The average Bonchev–Trinajstić information content (AvgIpc) is 3.36. The van der Waals surface area contributed by atoms with Gasteiger partial charge in [0, 0.05) is 49.5 Å². The predicted octanol–water partition coefficient (Wildman–Crippen LogP) is 3.04. The number of amides is 1. The smallest absolute Gasteiger partial charge is 0.263 e. The van der Waals surface area contributed by atoms with E-state index in [4.69, 9.17) is 9.47 Å². The normalized spacial score (nSPS) is 21.7. The summed E-state index contributed by atoms with van der Waals surface area (Å²) in [5.41, 5.74) is 2.73. The Morgan fingerprint density at radius 2 is 1.90 bits per heavy atom. The topological polar surface area (TPSA) is 89.5 Å². The summed E-state index contributed by atoms with van der Waals surface area (Å²) in [4.78, 5) is 24.3. The first-order valence-electron chi connectivity index (χ1n) is 10.7. The summed E-state index contributed by atoms with van der Waals surface area (Å²) >= 11 is 1.22. The van der Waals surface area contributed by atoms with Crippen LogP contribution in [0.1, 0.15) is 35.4 Å². The number of hydrogen-bond donors (Lipinski definition) is 1. The number of fused-ring (bicyclic) bond motifs is 1. The zero-order chi connectivity index (χ0) is 21.0. The highest BCUT2D eigenvalue weighted by Crippen LogP contribution is 2.33. The van der Waals surface area contributed by atoms with E-state index in [0.29, 0.717) is 4.88 Å². The lowest BCUT2D eigenvalue weighted by molar-refractivity contribution is 0.0899. The van der Waals surface area contributed by atoms with Crippen molar-refractivity contribution in [3.8, 4) is 5.75 Å². The van der Waals surface area contributed by atoms with Crippen molar-refractivity contribution in [1.29, 1.82) is 0 Å². The van der Waals surface area contributed by atoms with E-state index < -0.39 is 0 Å². The molecule has 0 atom stereocenters. The monoisotopic (exact) mass is 439 g/mol. The zero-order valence-electron chi connectivity index (χ0n) is 17.2. The van der Waals surface area contributed by atoms with Crippen LogP contribution in [0.4, 0.5) is 5.69 Å². The number of nitrogens with one attached hydrogen (secondary N) is 1. The molecule has 1 aliphatic carbocycles. The van der Waals surface area contributed by atoms with Crippen LogP contribution in [0.15, 0.2) is 36.8 Å². The molecule has 0 bridgehead atoms. The van der Waals surface area contributed by atoms with E-state index in [1.54, 1.807) is 24.7 Å². The Morgan fingerprint density at radius 1 is 1.10 bits per heavy atom. The number of benzene rings is 1. The fraction of sp³-hybridized carbons (Fsp3) is 0.455. The van der Waals surface area contributed by atoms with E-state index in [2.05, 4.69) is 36.7 Å². The Bertz CT molecular complexity index is 1030. The van der Waals surface area contributed by atoms with Crippen LogP contribution in [0.2, 0.25) is 0 Å². The molecule has 0 radical (unpaired) electrons. The number of carbonyl (C=O) groups excluding carboxylic acids is 1. The van der Waals surface area contributed by atoms with Gasteiger partial charge in [0.1, 0.15) is 16.1 Å². The lowest BCUT2D eigenvalue weighted by atomic mass is 9.93. The molecule has 3 aromatic rings. The molecule has 1 saturated carbocycles. The number of rotatable bonds is 5. The number of carbonyl (C=O) groups is 1. The van der Waals surface area contributed by atoms with Crippen molar-refractivity contribution in [2.45, 2.75) is 37.8 Å². The van der Waals surface area contributed by atoms with E-state index in [1.807, 2.05) is 0 Å². The fourth-order valence-electron chi connectivity index (χ4n) is 4.22. The molecule has 0 unspecified atom stereocenters. The molecular weight excluding hydrogens is 414 g/mol. The maximum absolute atomic E-state index is 12.3. The summed E-state index contributed by atoms with van der Waals surface area (Å²) in [6, 6.07) is 6.08. The van der Waals surface area contributed by atoms with Gasteiger partial charge in [0.15, 0.2) is 0 Å². The molecule has 2 aromatic heterocycles. The van der Waals surface area contributed by atoms with Gasteiger partial charge in [-0.05, 0) is 49.3 Å². The lowest BCUT2D eigenvalue weighted by Gasteiger charge is -2.31. The van der Waals surface area contributed by atoms with E-state index >= 15 is 0 Å². The van der Waals surface area contributed by atoms with E-state index in [1.165, 1.54) is 11.5 Å². The van der Waals surface area contributed by atoms with E-state index in [9.17, 15) is 4.79 Å². The first-order chi connectivity index (χ1) is 15.3. The third-order valence-corrected chi connectivity index (χ3v) is 6.61. The summed E-state index contributed by atoms with van der Waals surface area (Å²) in [5, 5.41) is 3.12. The van der Waals surface area contributed by atoms with Crippen molar-refractivity contribution in [3.05, 3.63) is 41.7 Å². The van der Waals surface area contributed by atoms with Gasteiger partial charge in [0.05, 0.1) is 24.8 Å². The Labute approximate surface area is 184 Å². The molecule has 3 heterocycles. The minimum atomic E-state index is -0.0358. The van der Waals surface area contributed by atoms with Crippen molar-refractivity contribution in [1.82, 2.24) is 19.7 Å². The average molecular weight is 440 g/mol. The first-order valence-corrected chi connectivity index (χ1v) is 11.5. The number of anilines is 1. The van der Waals surface area contributed by atoms with Gasteiger partial charge in [0.25, 0.3) is 5.91 Å². The van der Waals surface area contributed by atoms with Crippen LogP contribution >= 0.6 is 11.5 Å². The fourth-order valence-corrected chi connectivity index (χ4v) is 4.72. The van der Waals surface area contributed by atoms with Gasteiger partial charge in [-0.15, -0.1) is 0 Å². The van der Waals surface area contributed by atoms with Crippen LogP contribution < -0.4 is 15.0 Å². The van der Waals surface area contributed by atoms with Gasteiger partial charge < -0.3 is 19.7 Å². The SMILES string of the molecule is O=C(N[C@H]1CC[C@@H](Oc2cc(N3CCOCC3)cc3nccnc23)CC1)c1ccns1. The molecule has 0 spiro atoms. The molecule has 2 fully saturated rings. The van der Waals surface area contributed by atoms with Crippen molar-refractivity contribution in [2.24, 2.45) is 0 Å². The van der Waals surface area contributed by atoms with Crippen molar-refractivity contribution in [2.75, 3.05) is 31.2 Å². The summed E-state index contributed by atoms with van der Waals surface area (Å²) < 4.78 is 15.9. The Morgan fingerprint density at radius 3 is 2.68 bits per heavy atom. The summed E-state index contributed by atoms with van der Waals surface area (Å²) in [5.74, 6) is 0.746. The molecule has 5 rings (SSSR count). The number of nitrogens with zero attached hydrogens (tertiary/aromatic N) is 4. The van der Waals surface area contributed by atoms with Crippen LogP contribution in [0.3, 0.4) is 0 Å². The molecule has 1 amide bonds. The second-order valence-electron chi connectivity index (χ2n) is 7.91. The van der Waals surface area contributed by atoms with Crippen LogP contribution in [-0.2, 0) is 4.74 Å². The van der Waals surface area contributed by atoms with Gasteiger partial charge in [-0.3, -0.25) is 9.78 Å². The maximum atomic E-state index is 12.3. The molecular formula is C22H25N5O3S. The Balaban J connectivity index is 1.26. The third-order valence-electron chi connectivity index (χ3n) is 5.86. The Hall–Kier alpha value is -2.78. The largest absolute Gasteiger partial charge is 0.488 e. The quantitative estimate of drug-likeness (QED) is 0.654. The van der Waals surface area contributed by atoms with Crippen molar-refractivity contribution >= 4 is 34.2 Å². The highest BCUT2D eigenvalue weighted by Gasteiger charge is 2.25. The number of aromatic nitrogens is 3. The standard InChI is InChI=1S/C22H25N5O3S/c28-22(20-5-6-25-31-20)26-15-1-3-17(4-2-15)30-19-14-16(27-9-11-29-12-10-27)13-18-21(19)24-8-7-23-18/h5-8,13-15,17H,1-4,9-12H2,(H,26,28)/t15-,17+. The molecule has 1 N–H and O–H groups in total. The molecule has 162 valence electrons. The highest BCUT2D eigenvalue weighted by atomic mass is 32.1. The van der Waals surface area contributed by atoms with Crippen molar-refractivity contribution in [3.63, 3.8) is 0 Å². The summed E-state index contributed by atoms with van der Waals surface area (Å²) in [6.45, 7) is 3.17. The Kier molecular flexibility index (Phi) is 5.95.